The number of nitrogens with one attached hydrogen (secondary N) is 1. The van der Waals surface area contributed by atoms with Gasteiger partial charge in [0.15, 0.2) is 11.6 Å². The molecule has 0 saturated carbocycles. The molecule has 0 fully saturated rings. The van der Waals surface area contributed by atoms with Crippen LogP contribution in [0.2, 0.25) is 0 Å². The largest absolute Gasteiger partial charge is 0.470 e. The van der Waals surface area contributed by atoms with Crippen LogP contribution in [-0.2, 0) is 11.0 Å². The van der Waals surface area contributed by atoms with E-state index in [9.17, 15) is 27.2 Å². The van der Waals surface area contributed by atoms with Crippen LogP contribution in [0.1, 0.15) is 23.2 Å². The summed E-state index contributed by atoms with van der Waals surface area (Å²) >= 11 is 0. The average Bonchev–Trinajstić information content (AvgIpc) is 2.89. The van der Waals surface area contributed by atoms with E-state index >= 15 is 0 Å². The van der Waals surface area contributed by atoms with Crippen LogP contribution < -0.4 is 10.1 Å². The predicted octanol–water partition coefficient (Wildman–Crippen LogP) is 2.41. The van der Waals surface area contributed by atoms with E-state index in [1.54, 1.807) is 0 Å². The molecule has 7 nitrogen and oxygen atoms in total. The second-order valence-electron chi connectivity index (χ2n) is 4.07. The number of alkyl halides is 3. The van der Waals surface area contributed by atoms with Crippen molar-refractivity contribution < 1.29 is 36.3 Å². The number of nitrogens with zero attached hydrogens (tertiary/aromatic N) is 2. The average molecular weight is 333 g/mol. The fourth-order valence-electron chi connectivity index (χ4n) is 1.49. The van der Waals surface area contributed by atoms with Gasteiger partial charge < -0.3 is 9.15 Å². The van der Waals surface area contributed by atoms with Gasteiger partial charge in [-0.25, -0.2) is 4.39 Å². The molecule has 1 amide bonds. The summed E-state index contributed by atoms with van der Waals surface area (Å²) < 4.78 is 59.3. The third-order valence-electron chi connectivity index (χ3n) is 2.35. The van der Waals surface area contributed by atoms with Gasteiger partial charge in [-0.3, -0.25) is 14.9 Å². The summed E-state index contributed by atoms with van der Waals surface area (Å²) in [5.41, 5.74) is -0.438. The minimum absolute atomic E-state index is 0.438. The molecule has 0 bridgehead atoms. The number of esters is 1. The molecule has 0 unspecified atom stereocenters. The van der Waals surface area contributed by atoms with E-state index in [4.69, 9.17) is 0 Å². The van der Waals surface area contributed by atoms with Crippen molar-refractivity contribution in [2.45, 2.75) is 13.1 Å². The van der Waals surface area contributed by atoms with Gasteiger partial charge in [-0.15, -0.1) is 5.10 Å². The summed E-state index contributed by atoms with van der Waals surface area (Å²) in [6.45, 7) is 0.988. The van der Waals surface area contributed by atoms with E-state index in [-0.39, 0.29) is 0 Å². The van der Waals surface area contributed by atoms with Crippen LogP contribution in [0.4, 0.5) is 23.6 Å². The van der Waals surface area contributed by atoms with Gasteiger partial charge in [0, 0.05) is 6.92 Å². The molecule has 2 aromatic rings. The number of para-hydroxylation sites is 1. The highest BCUT2D eigenvalue weighted by molar-refractivity contribution is 6.05. The number of halogens is 4. The van der Waals surface area contributed by atoms with Gasteiger partial charge in [-0.2, -0.15) is 13.2 Å². The minimum atomic E-state index is -4.88. The van der Waals surface area contributed by atoms with Crippen molar-refractivity contribution in [3.05, 3.63) is 35.5 Å². The second-order valence-corrected chi connectivity index (χ2v) is 4.07. The van der Waals surface area contributed by atoms with Gasteiger partial charge in [-0.1, -0.05) is 11.2 Å². The number of carbonyl (C=O) groups is 2. The topological polar surface area (TPSA) is 94.3 Å². The first-order valence-corrected chi connectivity index (χ1v) is 5.87. The Labute approximate surface area is 125 Å². The third-order valence-corrected chi connectivity index (χ3v) is 2.35. The molecule has 0 aliphatic heterocycles. The van der Waals surface area contributed by atoms with Gasteiger partial charge in [0.2, 0.25) is 0 Å². The summed E-state index contributed by atoms with van der Waals surface area (Å²) in [5, 5.41) is 7.55. The summed E-state index contributed by atoms with van der Waals surface area (Å²) in [6.07, 6.45) is -4.88. The number of aromatic nitrogens is 2. The number of anilines is 1. The Balaban J connectivity index is 2.26. The lowest BCUT2D eigenvalue weighted by Gasteiger charge is -2.08. The number of carbonyl (C=O) groups excluding carboxylic acids is 2. The maximum atomic E-state index is 13.6. The fourth-order valence-corrected chi connectivity index (χ4v) is 1.49. The molecule has 0 radical (unpaired) electrons. The molecule has 1 heterocycles. The Hall–Kier alpha value is -2.98. The summed E-state index contributed by atoms with van der Waals surface area (Å²) in [7, 11) is 0. The molecule has 2 rings (SSSR count). The Morgan fingerprint density at radius 3 is 2.52 bits per heavy atom. The van der Waals surface area contributed by atoms with E-state index in [2.05, 4.69) is 19.4 Å². The molecule has 23 heavy (non-hydrogen) atoms. The van der Waals surface area contributed by atoms with E-state index in [1.807, 2.05) is 5.32 Å². The number of benzene rings is 1. The Kier molecular flexibility index (Phi) is 4.29. The van der Waals surface area contributed by atoms with Gasteiger partial charge >= 0.3 is 24.1 Å². The van der Waals surface area contributed by atoms with Gasteiger partial charge in [-0.05, 0) is 12.1 Å². The maximum absolute atomic E-state index is 13.6. The fraction of sp³-hybridized carbons (Fsp3) is 0.167. The highest BCUT2D eigenvalue weighted by atomic mass is 19.4. The van der Waals surface area contributed by atoms with E-state index in [0.717, 1.165) is 25.1 Å². The molecule has 1 aromatic carbocycles. The zero-order valence-electron chi connectivity index (χ0n) is 11.3. The summed E-state index contributed by atoms with van der Waals surface area (Å²) in [4.78, 5) is 22.9. The molecule has 0 saturated heterocycles. The lowest BCUT2D eigenvalue weighted by atomic mass is 10.2. The van der Waals surface area contributed by atoms with Crippen LogP contribution in [0.15, 0.2) is 22.6 Å². The van der Waals surface area contributed by atoms with Crippen molar-refractivity contribution in [1.29, 1.82) is 0 Å². The highest BCUT2D eigenvalue weighted by Gasteiger charge is 2.38. The zero-order chi connectivity index (χ0) is 17.2. The number of hydrogen-bond donors (Lipinski definition) is 1. The smallest absolute Gasteiger partial charge is 0.423 e. The van der Waals surface area contributed by atoms with Crippen molar-refractivity contribution in [2.75, 3.05) is 5.32 Å². The van der Waals surface area contributed by atoms with Crippen LogP contribution in [-0.4, -0.2) is 22.1 Å². The predicted molar refractivity (Wildman–Crippen MR) is 65.0 cm³/mol. The van der Waals surface area contributed by atoms with Crippen LogP contribution in [0.25, 0.3) is 0 Å². The Morgan fingerprint density at radius 2 is 1.96 bits per heavy atom. The number of hydrogen-bond acceptors (Lipinski definition) is 6. The standard InChI is InChI=1S/C12H7F4N3O4/c1-5(20)22-8-6(3-2-4-7(8)13)9(21)17-11-19-18-10(23-11)12(14,15)16/h2-4H,1H3,(H,17,19,21). The SMILES string of the molecule is CC(=O)Oc1c(F)cccc1C(=O)Nc1nnc(C(F)(F)F)o1. The van der Waals surface area contributed by atoms with E-state index < -0.39 is 47.1 Å². The molecular formula is C12H7F4N3O4. The number of amides is 1. The molecule has 0 aliphatic rings. The molecule has 0 aliphatic carbocycles. The summed E-state index contributed by atoms with van der Waals surface area (Å²) in [6, 6.07) is 2.33. The first-order valence-electron chi connectivity index (χ1n) is 5.87. The molecular weight excluding hydrogens is 326 g/mol. The first-order chi connectivity index (χ1) is 10.7. The van der Waals surface area contributed by atoms with Crippen molar-refractivity contribution >= 4 is 17.9 Å². The van der Waals surface area contributed by atoms with Gasteiger partial charge in [0.05, 0.1) is 5.56 Å². The van der Waals surface area contributed by atoms with Crippen LogP contribution >= 0.6 is 0 Å². The van der Waals surface area contributed by atoms with Crippen LogP contribution in [0.3, 0.4) is 0 Å². The lowest BCUT2D eigenvalue weighted by Crippen LogP contribution is -2.16. The normalized spacial score (nSPS) is 11.2. The van der Waals surface area contributed by atoms with Crippen molar-refractivity contribution in [3.8, 4) is 5.75 Å². The Bertz CT molecular complexity index is 757. The molecule has 1 N–H and O–H groups in total. The highest BCUT2D eigenvalue weighted by Crippen LogP contribution is 2.29. The lowest BCUT2D eigenvalue weighted by molar-refractivity contribution is -0.156. The zero-order valence-corrected chi connectivity index (χ0v) is 11.3. The third kappa shape index (κ3) is 3.81. The van der Waals surface area contributed by atoms with Gasteiger partial charge in [0.25, 0.3) is 5.91 Å². The minimum Gasteiger partial charge on any atom is -0.423 e. The molecule has 0 spiro atoms. The molecule has 122 valence electrons. The first kappa shape index (κ1) is 16.4. The summed E-state index contributed by atoms with van der Waals surface area (Å²) in [5.74, 6) is -5.32. The van der Waals surface area contributed by atoms with Crippen molar-refractivity contribution in [1.82, 2.24) is 10.2 Å². The molecule has 0 atom stereocenters. The molecule has 11 heteroatoms. The number of rotatable bonds is 3. The second kappa shape index (κ2) is 6.02. The monoisotopic (exact) mass is 333 g/mol. The van der Waals surface area contributed by atoms with E-state index in [0.29, 0.717) is 0 Å². The van der Waals surface area contributed by atoms with Gasteiger partial charge in [0.1, 0.15) is 0 Å². The Morgan fingerprint density at radius 1 is 1.26 bits per heavy atom. The van der Waals surface area contributed by atoms with Crippen molar-refractivity contribution in [3.63, 3.8) is 0 Å². The van der Waals surface area contributed by atoms with Crippen LogP contribution in [0, 0.1) is 5.82 Å². The van der Waals surface area contributed by atoms with Crippen LogP contribution in [0.5, 0.6) is 5.75 Å². The maximum Gasteiger partial charge on any atom is 0.470 e. The van der Waals surface area contributed by atoms with E-state index in [1.165, 1.54) is 0 Å². The number of ether oxygens (including phenoxy) is 1. The van der Waals surface area contributed by atoms with Crippen molar-refractivity contribution in [2.24, 2.45) is 0 Å². The quantitative estimate of drug-likeness (QED) is 0.527. The molecule has 1 aromatic heterocycles.